The lowest BCUT2D eigenvalue weighted by Crippen LogP contribution is -2.34. The Bertz CT molecular complexity index is 690. The molecule has 0 aromatic heterocycles. The third-order valence-electron chi connectivity index (χ3n) is 3.93. The van der Waals surface area contributed by atoms with Gasteiger partial charge < -0.3 is 28.8 Å². The fourth-order valence-electron chi connectivity index (χ4n) is 2.47. The molecule has 1 heterocycles. The van der Waals surface area contributed by atoms with Crippen LogP contribution < -0.4 is 18.9 Å². The molecule has 3 rings (SSSR count). The summed E-state index contributed by atoms with van der Waals surface area (Å²) in [5, 5.41) is 10.4. The molecular formula is C20H24O6. The van der Waals surface area contributed by atoms with E-state index in [2.05, 4.69) is 0 Å². The van der Waals surface area contributed by atoms with Crippen molar-refractivity contribution >= 4 is 0 Å². The van der Waals surface area contributed by atoms with Gasteiger partial charge in [-0.3, -0.25) is 0 Å². The van der Waals surface area contributed by atoms with Crippen LogP contribution in [0.2, 0.25) is 0 Å². The van der Waals surface area contributed by atoms with E-state index < -0.39 is 12.2 Å². The van der Waals surface area contributed by atoms with Gasteiger partial charge >= 0.3 is 0 Å². The Hall–Kier alpha value is -2.44. The number of para-hydroxylation sites is 4. The predicted octanol–water partition coefficient (Wildman–Crippen LogP) is 2.68. The van der Waals surface area contributed by atoms with Crippen molar-refractivity contribution in [1.82, 2.24) is 0 Å². The summed E-state index contributed by atoms with van der Waals surface area (Å²) in [6, 6.07) is 14.7. The van der Waals surface area contributed by atoms with Crippen molar-refractivity contribution < 1.29 is 28.8 Å². The summed E-state index contributed by atoms with van der Waals surface area (Å²) in [5.41, 5.74) is 0. The number of aliphatic hydroxyl groups excluding tert-OH is 1. The van der Waals surface area contributed by atoms with Gasteiger partial charge in [0.15, 0.2) is 23.0 Å². The van der Waals surface area contributed by atoms with Crippen molar-refractivity contribution in [2.75, 3.05) is 33.0 Å². The Kier molecular flexibility index (Phi) is 6.57. The van der Waals surface area contributed by atoms with Gasteiger partial charge in [0, 0.05) is 0 Å². The summed E-state index contributed by atoms with van der Waals surface area (Å²) >= 11 is 0. The van der Waals surface area contributed by atoms with E-state index in [9.17, 15) is 5.11 Å². The van der Waals surface area contributed by atoms with Crippen LogP contribution in [0, 0.1) is 0 Å². The Balaban J connectivity index is 1.74. The summed E-state index contributed by atoms with van der Waals surface area (Å²) < 4.78 is 28.6. The first-order chi connectivity index (χ1) is 12.7. The molecular weight excluding hydrogens is 336 g/mol. The fraction of sp³-hybridized carbons (Fsp3) is 0.400. The Morgan fingerprint density at radius 2 is 1.23 bits per heavy atom. The molecule has 2 unspecified atom stereocenters. The third-order valence-corrected chi connectivity index (χ3v) is 3.93. The van der Waals surface area contributed by atoms with Gasteiger partial charge in [-0.25, -0.2) is 0 Å². The zero-order valence-corrected chi connectivity index (χ0v) is 14.8. The lowest BCUT2D eigenvalue weighted by atomic mass is 10.2. The van der Waals surface area contributed by atoms with Gasteiger partial charge in [-0.15, -0.1) is 0 Å². The summed E-state index contributed by atoms with van der Waals surface area (Å²) in [6.07, 6.45) is -1.29. The number of hydrogen-bond acceptors (Lipinski definition) is 6. The Labute approximate surface area is 153 Å². The number of ether oxygens (including phenoxy) is 5. The van der Waals surface area contributed by atoms with E-state index >= 15 is 0 Å². The predicted molar refractivity (Wildman–Crippen MR) is 96.3 cm³/mol. The highest BCUT2D eigenvalue weighted by molar-refractivity contribution is 5.40. The van der Waals surface area contributed by atoms with Gasteiger partial charge in [0.05, 0.1) is 13.2 Å². The second-order valence-corrected chi connectivity index (χ2v) is 5.90. The van der Waals surface area contributed by atoms with E-state index in [1.165, 1.54) is 0 Å². The molecule has 2 aromatic rings. The highest BCUT2D eigenvalue weighted by Gasteiger charge is 2.19. The molecule has 140 valence electrons. The second kappa shape index (κ2) is 9.31. The minimum absolute atomic E-state index is 0.0844. The second-order valence-electron chi connectivity index (χ2n) is 5.90. The molecule has 0 spiro atoms. The van der Waals surface area contributed by atoms with Crippen LogP contribution in [-0.4, -0.2) is 50.3 Å². The number of rotatable bonds is 0. The number of fused-ring (bicyclic) bond motifs is 2. The van der Waals surface area contributed by atoms with Gasteiger partial charge in [-0.2, -0.15) is 0 Å². The molecule has 2 aromatic carbocycles. The highest BCUT2D eigenvalue weighted by atomic mass is 16.6. The first-order valence-corrected chi connectivity index (χ1v) is 8.73. The summed E-state index contributed by atoms with van der Waals surface area (Å²) in [4.78, 5) is 0. The summed E-state index contributed by atoms with van der Waals surface area (Å²) in [6.45, 7) is 3.56. The van der Waals surface area contributed by atoms with Crippen molar-refractivity contribution in [3.8, 4) is 23.0 Å². The molecule has 0 amide bonds. The lowest BCUT2D eigenvalue weighted by Gasteiger charge is -2.23. The maximum Gasteiger partial charge on any atom is 0.161 e. The number of aliphatic hydroxyl groups is 1. The van der Waals surface area contributed by atoms with E-state index in [1.54, 1.807) is 13.0 Å². The van der Waals surface area contributed by atoms with Gasteiger partial charge in [-0.1, -0.05) is 24.3 Å². The van der Waals surface area contributed by atoms with Crippen LogP contribution in [0.1, 0.15) is 6.92 Å². The van der Waals surface area contributed by atoms with Crippen LogP contribution in [0.3, 0.4) is 0 Å². The van der Waals surface area contributed by atoms with Crippen LogP contribution in [0.25, 0.3) is 0 Å². The minimum Gasteiger partial charge on any atom is -0.487 e. The standard InChI is InChI=1S/C20H24O6/c1-15-16(21)14-25-18-7-3-2-6-17(18)23-12-10-22-11-13-24-19-8-4-5-9-20(19)26-15/h2-9,15-16,21H,10-14H2,1H3. The molecule has 6 nitrogen and oxygen atoms in total. The maximum atomic E-state index is 10.4. The van der Waals surface area contributed by atoms with E-state index in [-0.39, 0.29) is 6.61 Å². The van der Waals surface area contributed by atoms with Gasteiger partial charge in [0.25, 0.3) is 0 Å². The largest absolute Gasteiger partial charge is 0.487 e. The third kappa shape index (κ3) is 5.03. The van der Waals surface area contributed by atoms with E-state index in [0.717, 1.165) is 0 Å². The summed E-state index contributed by atoms with van der Waals surface area (Å²) in [7, 11) is 0. The molecule has 0 fully saturated rings. The maximum absolute atomic E-state index is 10.4. The topological polar surface area (TPSA) is 66.4 Å². The van der Waals surface area contributed by atoms with Gasteiger partial charge in [0.2, 0.25) is 0 Å². The smallest absolute Gasteiger partial charge is 0.161 e. The first-order valence-electron chi connectivity index (χ1n) is 8.73. The van der Waals surface area contributed by atoms with Crippen LogP contribution in [0.4, 0.5) is 0 Å². The van der Waals surface area contributed by atoms with Crippen LogP contribution in [0.5, 0.6) is 23.0 Å². The quantitative estimate of drug-likeness (QED) is 0.779. The molecule has 1 aliphatic rings. The molecule has 0 aliphatic carbocycles. The molecule has 0 saturated heterocycles. The van der Waals surface area contributed by atoms with Crippen LogP contribution >= 0.6 is 0 Å². The van der Waals surface area contributed by atoms with E-state index in [0.29, 0.717) is 49.4 Å². The Morgan fingerprint density at radius 3 is 1.85 bits per heavy atom. The zero-order valence-electron chi connectivity index (χ0n) is 14.8. The average Bonchev–Trinajstić information content (AvgIpc) is 2.66. The van der Waals surface area contributed by atoms with Gasteiger partial charge in [0.1, 0.15) is 32.0 Å². The zero-order chi connectivity index (χ0) is 18.2. The van der Waals surface area contributed by atoms with E-state index in [4.69, 9.17) is 23.7 Å². The Morgan fingerprint density at radius 1 is 0.731 bits per heavy atom. The number of hydrogen-bond donors (Lipinski definition) is 1. The highest BCUT2D eigenvalue weighted by Crippen LogP contribution is 2.29. The normalized spacial score (nSPS) is 21.8. The average molecular weight is 360 g/mol. The van der Waals surface area contributed by atoms with Crippen molar-refractivity contribution in [2.45, 2.75) is 19.1 Å². The molecule has 26 heavy (non-hydrogen) atoms. The summed E-state index contributed by atoms with van der Waals surface area (Å²) in [5.74, 6) is 2.39. The monoisotopic (exact) mass is 360 g/mol. The number of benzene rings is 2. The first kappa shape index (κ1) is 18.4. The molecule has 0 saturated carbocycles. The van der Waals surface area contributed by atoms with Gasteiger partial charge in [-0.05, 0) is 31.2 Å². The molecule has 1 N–H and O–H groups in total. The molecule has 6 heteroatoms. The van der Waals surface area contributed by atoms with Crippen molar-refractivity contribution in [1.29, 1.82) is 0 Å². The van der Waals surface area contributed by atoms with Crippen LogP contribution in [0.15, 0.2) is 48.5 Å². The molecule has 0 bridgehead atoms. The fourth-order valence-corrected chi connectivity index (χ4v) is 2.47. The van der Waals surface area contributed by atoms with Crippen molar-refractivity contribution in [2.24, 2.45) is 0 Å². The lowest BCUT2D eigenvalue weighted by molar-refractivity contribution is 0.0114. The molecule has 0 radical (unpaired) electrons. The van der Waals surface area contributed by atoms with Crippen LogP contribution in [-0.2, 0) is 4.74 Å². The molecule has 1 aliphatic heterocycles. The minimum atomic E-state index is -0.813. The molecule has 2 atom stereocenters. The van der Waals surface area contributed by atoms with E-state index in [1.807, 2.05) is 42.5 Å². The van der Waals surface area contributed by atoms with Crippen molar-refractivity contribution in [3.05, 3.63) is 48.5 Å². The van der Waals surface area contributed by atoms with Crippen molar-refractivity contribution in [3.63, 3.8) is 0 Å². The SMILES string of the molecule is CC1Oc2ccccc2OCCOCCOc2ccccc2OCC1O.